The highest BCUT2D eigenvalue weighted by Crippen LogP contribution is 2.29. The van der Waals surface area contributed by atoms with Gasteiger partial charge in [0.1, 0.15) is 0 Å². The summed E-state index contributed by atoms with van der Waals surface area (Å²) in [4.78, 5) is 27.4. The number of nitrogens with zero attached hydrogens (tertiary/aromatic N) is 2. The molecule has 6 heteroatoms. The number of carboxylic acid groups (broad SMARTS) is 1. The molecule has 0 spiro atoms. The van der Waals surface area contributed by atoms with Gasteiger partial charge in [-0.2, -0.15) is 4.98 Å². The van der Waals surface area contributed by atoms with Gasteiger partial charge < -0.3 is 9.84 Å². The van der Waals surface area contributed by atoms with Gasteiger partial charge in [0.2, 0.25) is 0 Å². The van der Waals surface area contributed by atoms with Crippen molar-refractivity contribution in [3.05, 3.63) is 27.4 Å². The van der Waals surface area contributed by atoms with Crippen LogP contribution in [-0.2, 0) is 9.53 Å². The zero-order valence-corrected chi connectivity index (χ0v) is 12.2. The van der Waals surface area contributed by atoms with Crippen molar-refractivity contribution in [2.24, 2.45) is 0 Å². The molecule has 6 nitrogen and oxygen atoms in total. The first kappa shape index (κ1) is 14.7. The molecule has 1 aliphatic rings. The third-order valence-electron chi connectivity index (χ3n) is 4.08. The van der Waals surface area contributed by atoms with Crippen LogP contribution in [-0.4, -0.2) is 33.3 Å². The van der Waals surface area contributed by atoms with Gasteiger partial charge in [-0.05, 0) is 34.1 Å². The van der Waals surface area contributed by atoms with Crippen molar-refractivity contribution in [3.63, 3.8) is 0 Å². The van der Waals surface area contributed by atoms with Crippen LogP contribution in [0.15, 0.2) is 4.79 Å². The maximum atomic E-state index is 12.2. The Labute approximate surface area is 117 Å². The van der Waals surface area contributed by atoms with Crippen LogP contribution in [0.3, 0.4) is 0 Å². The number of aliphatic carboxylic acids is 1. The van der Waals surface area contributed by atoms with Crippen molar-refractivity contribution < 1.29 is 14.6 Å². The summed E-state index contributed by atoms with van der Waals surface area (Å²) in [5.41, 5.74) is 1.46. The van der Waals surface area contributed by atoms with Crippen molar-refractivity contribution in [2.75, 3.05) is 6.61 Å². The topological polar surface area (TPSA) is 81.4 Å². The van der Waals surface area contributed by atoms with Gasteiger partial charge in [0.05, 0.1) is 18.1 Å². The third kappa shape index (κ3) is 2.35. The molecule has 1 fully saturated rings. The molecule has 0 radical (unpaired) electrons. The SMILES string of the molecule is Cc1nc(=O)n(C2CCOC2C)c(C)c1C(C)C(=O)O. The largest absolute Gasteiger partial charge is 0.481 e. The highest BCUT2D eigenvalue weighted by atomic mass is 16.5. The standard InChI is InChI=1S/C14H20N2O4/c1-7(13(17)18)12-8(2)15-14(19)16(9(12)3)11-5-6-20-10(11)4/h7,10-11H,5-6H2,1-4H3,(H,17,18). The number of carbonyl (C=O) groups is 1. The molecule has 0 amide bonds. The summed E-state index contributed by atoms with van der Waals surface area (Å²) in [7, 11) is 0. The second kappa shape index (κ2) is 5.36. The van der Waals surface area contributed by atoms with E-state index in [1.54, 1.807) is 25.3 Å². The molecule has 0 aromatic carbocycles. The van der Waals surface area contributed by atoms with Crippen LogP contribution in [0.25, 0.3) is 0 Å². The summed E-state index contributed by atoms with van der Waals surface area (Å²) in [6.07, 6.45) is 0.678. The van der Waals surface area contributed by atoms with Gasteiger partial charge in [-0.3, -0.25) is 9.36 Å². The Hall–Kier alpha value is -1.69. The van der Waals surface area contributed by atoms with Gasteiger partial charge >= 0.3 is 11.7 Å². The number of rotatable bonds is 3. The second-order valence-electron chi connectivity index (χ2n) is 5.34. The van der Waals surface area contributed by atoms with Crippen molar-refractivity contribution in [3.8, 4) is 0 Å². The predicted octanol–water partition coefficient (Wildman–Crippen LogP) is 1.40. The van der Waals surface area contributed by atoms with E-state index in [1.807, 2.05) is 6.92 Å². The third-order valence-corrected chi connectivity index (χ3v) is 4.08. The number of carboxylic acids is 1. The maximum absolute atomic E-state index is 12.2. The molecule has 0 saturated carbocycles. The highest BCUT2D eigenvalue weighted by molar-refractivity contribution is 5.76. The van der Waals surface area contributed by atoms with E-state index in [9.17, 15) is 14.7 Å². The fourth-order valence-corrected chi connectivity index (χ4v) is 2.99. The van der Waals surface area contributed by atoms with Gasteiger partial charge in [0.15, 0.2) is 0 Å². The van der Waals surface area contributed by atoms with Crippen molar-refractivity contribution in [1.82, 2.24) is 9.55 Å². The van der Waals surface area contributed by atoms with Crippen LogP contribution < -0.4 is 5.69 Å². The Morgan fingerprint density at radius 2 is 2.15 bits per heavy atom. The molecule has 1 N–H and O–H groups in total. The van der Waals surface area contributed by atoms with E-state index in [0.29, 0.717) is 23.6 Å². The molecular weight excluding hydrogens is 260 g/mol. The quantitative estimate of drug-likeness (QED) is 0.905. The monoisotopic (exact) mass is 280 g/mol. The Bertz CT molecular complexity index is 594. The lowest BCUT2D eigenvalue weighted by molar-refractivity contribution is -0.138. The summed E-state index contributed by atoms with van der Waals surface area (Å²) < 4.78 is 7.10. The minimum absolute atomic E-state index is 0.0658. The second-order valence-corrected chi connectivity index (χ2v) is 5.34. The van der Waals surface area contributed by atoms with Crippen molar-refractivity contribution in [1.29, 1.82) is 0 Å². The Morgan fingerprint density at radius 3 is 2.65 bits per heavy atom. The van der Waals surface area contributed by atoms with Gasteiger partial charge in [-0.25, -0.2) is 4.79 Å². The summed E-state index contributed by atoms with van der Waals surface area (Å²) in [6.45, 7) is 7.61. The number of hydrogen-bond acceptors (Lipinski definition) is 4. The first-order valence-electron chi connectivity index (χ1n) is 6.78. The number of ether oxygens (including phenoxy) is 1. The van der Waals surface area contributed by atoms with Gasteiger partial charge in [0, 0.05) is 23.6 Å². The van der Waals surface area contributed by atoms with E-state index in [2.05, 4.69) is 4.98 Å². The van der Waals surface area contributed by atoms with E-state index < -0.39 is 11.9 Å². The molecule has 2 rings (SSSR count). The number of hydrogen-bond donors (Lipinski definition) is 1. The zero-order chi connectivity index (χ0) is 15.0. The summed E-state index contributed by atoms with van der Waals surface area (Å²) in [5.74, 6) is -1.61. The van der Waals surface area contributed by atoms with Crippen molar-refractivity contribution >= 4 is 5.97 Å². The first-order valence-corrected chi connectivity index (χ1v) is 6.78. The lowest BCUT2D eigenvalue weighted by atomic mass is 9.97. The van der Waals surface area contributed by atoms with E-state index in [4.69, 9.17) is 4.74 Å². The van der Waals surface area contributed by atoms with Gasteiger partial charge in [-0.1, -0.05) is 0 Å². The average Bonchev–Trinajstić information content (AvgIpc) is 2.74. The van der Waals surface area contributed by atoms with Crippen LogP contribution in [0.1, 0.15) is 49.2 Å². The molecule has 0 aliphatic carbocycles. The van der Waals surface area contributed by atoms with E-state index in [-0.39, 0.29) is 17.8 Å². The smallest absolute Gasteiger partial charge is 0.348 e. The normalized spacial score (nSPS) is 23.8. The van der Waals surface area contributed by atoms with Crippen LogP contribution in [0, 0.1) is 13.8 Å². The van der Waals surface area contributed by atoms with Crippen LogP contribution >= 0.6 is 0 Å². The van der Waals surface area contributed by atoms with Gasteiger partial charge in [-0.15, -0.1) is 0 Å². The van der Waals surface area contributed by atoms with Crippen LogP contribution in [0.5, 0.6) is 0 Å². The van der Waals surface area contributed by atoms with E-state index >= 15 is 0 Å². The van der Waals surface area contributed by atoms with E-state index in [0.717, 1.165) is 6.42 Å². The average molecular weight is 280 g/mol. The molecule has 3 atom stereocenters. The number of aryl methyl sites for hydroxylation is 1. The molecule has 1 aromatic heterocycles. The molecule has 110 valence electrons. The molecule has 20 heavy (non-hydrogen) atoms. The lowest BCUT2D eigenvalue weighted by Gasteiger charge is -2.23. The highest BCUT2D eigenvalue weighted by Gasteiger charge is 2.30. The minimum atomic E-state index is -0.918. The fourth-order valence-electron chi connectivity index (χ4n) is 2.99. The Morgan fingerprint density at radius 1 is 1.50 bits per heavy atom. The first-order chi connectivity index (χ1) is 9.34. The van der Waals surface area contributed by atoms with Crippen LogP contribution in [0.2, 0.25) is 0 Å². The van der Waals surface area contributed by atoms with Gasteiger partial charge in [0.25, 0.3) is 0 Å². The minimum Gasteiger partial charge on any atom is -0.481 e. The molecule has 1 saturated heterocycles. The Kier molecular flexibility index (Phi) is 3.94. The summed E-state index contributed by atoms with van der Waals surface area (Å²) >= 11 is 0. The molecule has 2 heterocycles. The maximum Gasteiger partial charge on any atom is 0.348 e. The molecule has 1 aromatic rings. The predicted molar refractivity (Wildman–Crippen MR) is 73.1 cm³/mol. The molecule has 3 unspecified atom stereocenters. The fraction of sp³-hybridized carbons (Fsp3) is 0.643. The Balaban J connectivity index is 2.61. The molecular formula is C14H20N2O4. The van der Waals surface area contributed by atoms with Crippen molar-refractivity contribution in [2.45, 2.75) is 52.2 Å². The van der Waals surface area contributed by atoms with E-state index in [1.165, 1.54) is 0 Å². The lowest BCUT2D eigenvalue weighted by Crippen LogP contribution is -2.34. The number of aromatic nitrogens is 2. The molecule has 1 aliphatic heterocycles. The summed E-state index contributed by atoms with van der Waals surface area (Å²) in [5, 5.41) is 9.22. The molecule has 0 bridgehead atoms. The summed E-state index contributed by atoms with van der Waals surface area (Å²) in [6, 6.07) is -0.0738. The zero-order valence-electron chi connectivity index (χ0n) is 12.2. The van der Waals surface area contributed by atoms with Crippen LogP contribution in [0.4, 0.5) is 0 Å².